The first-order valence-electron chi connectivity index (χ1n) is 7.48. The number of hydrogen-bond donors (Lipinski definition) is 1. The van der Waals surface area contributed by atoms with Gasteiger partial charge in [0.25, 0.3) is 0 Å². The quantitative estimate of drug-likeness (QED) is 0.678. The fourth-order valence-corrected chi connectivity index (χ4v) is 2.95. The molecule has 0 fully saturated rings. The van der Waals surface area contributed by atoms with Crippen LogP contribution in [-0.4, -0.2) is 29.6 Å². The van der Waals surface area contributed by atoms with E-state index in [0.29, 0.717) is 10.7 Å². The Morgan fingerprint density at radius 2 is 1.83 bits per heavy atom. The van der Waals surface area contributed by atoms with Gasteiger partial charge in [0, 0.05) is 18.8 Å². The molecule has 4 nitrogen and oxygen atoms in total. The summed E-state index contributed by atoms with van der Waals surface area (Å²) in [6.07, 6.45) is 0.999. The van der Waals surface area contributed by atoms with Crippen LogP contribution in [0.2, 0.25) is 0 Å². The number of nitrogens with zero attached hydrogens (tertiary/aromatic N) is 1. The normalized spacial score (nSPS) is 13.2. The number of carbonyl (C=O) groups excluding carboxylic acids is 1. The molecule has 2 aromatic carbocycles. The molecule has 0 radical (unpaired) electrons. The molecular weight excluding hydrogens is 308 g/mol. The lowest BCUT2D eigenvalue weighted by Crippen LogP contribution is -2.38. The number of fused-ring (bicyclic) bond motifs is 1. The van der Waals surface area contributed by atoms with Gasteiger partial charge in [-0.2, -0.15) is 0 Å². The number of anilines is 1. The van der Waals surface area contributed by atoms with Crippen molar-refractivity contribution < 1.29 is 9.53 Å². The molecule has 0 saturated heterocycles. The average molecular weight is 326 g/mol. The summed E-state index contributed by atoms with van der Waals surface area (Å²) in [6, 6.07) is 15.6. The van der Waals surface area contributed by atoms with E-state index in [1.165, 1.54) is 18.2 Å². The van der Waals surface area contributed by atoms with Crippen LogP contribution in [0.1, 0.15) is 21.5 Å². The molecule has 1 aliphatic rings. The van der Waals surface area contributed by atoms with Crippen LogP contribution in [-0.2, 0) is 17.7 Å². The largest absolute Gasteiger partial charge is 0.465 e. The number of nitrogens with one attached hydrogen (secondary N) is 1. The molecule has 0 aliphatic carbocycles. The number of methoxy groups -OCH3 is 1. The zero-order valence-corrected chi connectivity index (χ0v) is 13.7. The van der Waals surface area contributed by atoms with Gasteiger partial charge >= 0.3 is 5.97 Å². The van der Waals surface area contributed by atoms with Crippen LogP contribution in [0.25, 0.3) is 0 Å². The predicted molar refractivity (Wildman–Crippen MR) is 94.6 cm³/mol. The molecule has 0 spiro atoms. The molecule has 23 heavy (non-hydrogen) atoms. The monoisotopic (exact) mass is 326 g/mol. The third-order valence-electron chi connectivity index (χ3n) is 3.98. The maximum atomic E-state index is 11.4. The minimum atomic E-state index is -0.341. The van der Waals surface area contributed by atoms with Crippen molar-refractivity contribution in [3.05, 3.63) is 65.2 Å². The summed E-state index contributed by atoms with van der Waals surface area (Å²) in [5.41, 5.74) is 4.11. The van der Waals surface area contributed by atoms with Gasteiger partial charge in [0.05, 0.1) is 12.7 Å². The summed E-state index contributed by atoms with van der Waals surface area (Å²) in [4.78, 5) is 13.6. The van der Waals surface area contributed by atoms with E-state index in [1.54, 1.807) is 12.1 Å². The summed E-state index contributed by atoms with van der Waals surface area (Å²) in [5, 5.41) is 3.93. The molecule has 3 rings (SSSR count). The van der Waals surface area contributed by atoms with E-state index in [2.05, 4.69) is 34.5 Å². The van der Waals surface area contributed by atoms with Crippen molar-refractivity contribution in [1.29, 1.82) is 0 Å². The highest BCUT2D eigenvalue weighted by atomic mass is 32.1. The number of hydrogen-bond acceptors (Lipinski definition) is 3. The first kappa shape index (κ1) is 15.5. The lowest BCUT2D eigenvalue weighted by molar-refractivity contribution is 0.0601. The molecular formula is C18H18N2O2S. The van der Waals surface area contributed by atoms with E-state index in [-0.39, 0.29) is 5.97 Å². The molecule has 0 atom stereocenters. The molecule has 1 N–H and O–H groups in total. The number of ether oxygens (including phenoxy) is 1. The van der Waals surface area contributed by atoms with Crippen molar-refractivity contribution in [2.24, 2.45) is 0 Å². The zero-order valence-electron chi connectivity index (χ0n) is 12.9. The highest BCUT2D eigenvalue weighted by Crippen LogP contribution is 2.20. The van der Waals surface area contributed by atoms with Crippen molar-refractivity contribution in [2.45, 2.75) is 13.0 Å². The second-order valence-corrected chi connectivity index (χ2v) is 5.83. The van der Waals surface area contributed by atoms with E-state index in [9.17, 15) is 4.79 Å². The smallest absolute Gasteiger partial charge is 0.337 e. The molecule has 118 valence electrons. The third-order valence-corrected chi connectivity index (χ3v) is 4.34. The van der Waals surface area contributed by atoms with Gasteiger partial charge in [-0.1, -0.05) is 24.3 Å². The number of benzene rings is 2. The zero-order chi connectivity index (χ0) is 16.2. The van der Waals surface area contributed by atoms with Gasteiger partial charge in [0.2, 0.25) is 0 Å². The molecule has 2 aromatic rings. The lowest BCUT2D eigenvalue weighted by atomic mass is 10.0. The minimum Gasteiger partial charge on any atom is -0.465 e. The van der Waals surface area contributed by atoms with Crippen LogP contribution in [0.15, 0.2) is 48.5 Å². The van der Waals surface area contributed by atoms with E-state index < -0.39 is 0 Å². The van der Waals surface area contributed by atoms with Gasteiger partial charge in [-0.15, -0.1) is 0 Å². The number of rotatable bonds is 2. The summed E-state index contributed by atoms with van der Waals surface area (Å²) < 4.78 is 4.69. The van der Waals surface area contributed by atoms with Gasteiger partial charge in [-0.05, 0) is 54.0 Å². The summed E-state index contributed by atoms with van der Waals surface area (Å²) in [5.74, 6) is -0.341. The Balaban J connectivity index is 1.65. The Kier molecular flexibility index (Phi) is 4.57. The fraction of sp³-hybridized carbons (Fsp3) is 0.222. The highest BCUT2D eigenvalue weighted by Gasteiger charge is 2.18. The standard InChI is InChI=1S/C18H18N2O2S/c1-22-17(21)14-6-8-16(9-7-14)19-18(23)20-11-10-13-4-2-3-5-15(13)12-20/h2-9H,10-12H2,1H3,(H,19,23). The van der Waals surface area contributed by atoms with E-state index in [4.69, 9.17) is 17.0 Å². The van der Waals surface area contributed by atoms with Crippen molar-refractivity contribution in [3.8, 4) is 0 Å². The van der Waals surface area contributed by atoms with Crippen LogP contribution in [0, 0.1) is 0 Å². The Morgan fingerprint density at radius 1 is 1.13 bits per heavy atom. The first-order chi connectivity index (χ1) is 11.2. The number of thiocarbonyl (C=S) groups is 1. The molecule has 0 unspecified atom stereocenters. The lowest BCUT2D eigenvalue weighted by Gasteiger charge is -2.31. The van der Waals surface area contributed by atoms with Crippen LogP contribution >= 0.6 is 12.2 Å². The van der Waals surface area contributed by atoms with Gasteiger partial charge in [0.15, 0.2) is 5.11 Å². The molecule has 0 amide bonds. The first-order valence-corrected chi connectivity index (χ1v) is 7.89. The molecule has 0 saturated carbocycles. The van der Waals surface area contributed by atoms with E-state index >= 15 is 0 Å². The van der Waals surface area contributed by atoms with Crippen LogP contribution < -0.4 is 5.32 Å². The van der Waals surface area contributed by atoms with Crippen LogP contribution in [0.4, 0.5) is 5.69 Å². The summed E-state index contributed by atoms with van der Waals surface area (Å²) >= 11 is 5.52. The average Bonchev–Trinajstić information content (AvgIpc) is 2.61. The van der Waals surface area contributed by atoms with Crippen LogP contribution in [0.3, 0.4) is 0 Å². The molecule has 5 heteroatoms. The Bertz CT molecular complexity index is 728. The fourth-order valence-electron chi connectivity index (χ4n) is 2.68. The maximum absolute atomic E-state index is 11.4. The molecule has 0 bridgehead atoms. The second kappa shape index (κ2) is 6.79. The Labute approximate surface area is 141 Å². The van der Waals surface area contributed by atoms with Crippen molar-refractivity contribution >= 4 is 29.0 Å². The van der Waals surface area contributed by atoms with E-state index in [1.807, 2.05) is 12.1 Å². The highest BCUT2D eigenvalue weighted by molar-refractivity contribution is 7.80. The molecule has 1 heterocycles. The number of esters is 1. The molecule has 0 aromatic heterocycles. The SMILES string of the molecule is COC(=O)c1ccc(NC(=S)N2CCc3ccccc3C2)cc1. The maximum Gasteiger partial charge on any atom is 0.337 e. The van der Waals surface area contributed by atoms with Crippen molar-refractivity contribution in [2.75, 3.05) is 19.0 Å². The van der Waals surface area contributed by atoms with Gasteiger partial charge in [-0.3, -0.25) is 0 Å². The number of carbonyl (C=O) groups is 1. The Morgan fingerprint density at radius 3 is 2.52 bits per heavy atom. The Hall–Kier alpha value is -2.40. The van der Waals surface area contributed by atoms with Gasteiger partial charge in [0.1, 0.15) is 0 Å². The third kappa shape index (κ3) is 3.51. The van der Waals surface area contributed by atoms with Crippen molar-refractivity contribution in [1.82, 2.24) is 4.90 Å². The van der Waals surface area contributed by atoms with Gasteiger partial charge < -0.3 is 15.0 Å². The van der Waals surface area contributed by atoms with E-state index in [0.717, 1.165) is 25.2 Å². The summed E-state index contributed by atoms with van der Waals surface area (Å²) in [6.45, 7) is 1.73. The minimum absolute atomic E-state index is 0.341. The van der Waals surface area contributed by atoms with Crippen LogP contribution in [0.5, 0.6) is 0 Å². The van der Waals surface area contributed by atoms with Crippen molar-refractivity contribution in [3.63, 3.8) is 0 Å². The topological polar surface area (TPSA) is 41.6 Å². The molecule has 1 aliphatic heterocycles. The summed E-state index contributed by atoms with van der Waals surface area (Å²) in [7, 11) is 1.37. The predicted octanol–water partition coefficient (Wildman–Crippen LogP) is 3.23. The second-order valence-electron chi connectivity index (χ2n) is 5.44. The van der Waals surface area contributed by atoms with Gasteiger partial charge in [-0.25, -0.2) is 4.79 Å².